The molecule has 0 radical (unpaired) electrons. The molecule has 2 rings (SSSR count). The van der Waals surface area contributed by atoms with Crippen LogP contribution >= 0.6 is 0 Å². The van der Waals surface area contributed by atoms with Gasteiger partial charge < -0.3 is 20.3 Å². The number of hydrogen-bond donors (Lipinski definition) is 2. The van der Waals surface area contributed by atoms with E-state index in [0.717, 1.165) is 45.6 Å². The average Bonchev–Trinajstić information content (AvgIpc) is 2.41. The Labute approximate surface area is 120 Å². The van der Waals surface area contributed by atoms with Gasteiger partial charge in [-0.25, -0.2) is 0 Å². The van der Waals surface area contributed by atoms with Gasteiger partial charge in [0, 0.05) is 39.6 Å². The number of rotatable bonds is 5. The topological polar surface area (TPSA) is 70.7 Å². The molecule has 0 aromatic heterocycles. The van der Waals surface area contributed by atoms with Crippen molar-refractivity contribution in [1.82, 2.24) is 15.5 Å². The zero-order chi connectivity index (χ0) is 14.6. The van der Waals surface area contributed by atoms with E-state index in [2.05, 4.69) is 10.6 Å². The third kappa shape index (κ3) is 4.18. The van der Waals surface area contributed by atoms with Crippen LogP contribution in [0.25, 0.3) is 0 Å². The highest BCUT2D eigenvalue weighted by Crippen LogP contribution is 2.18. The summed E-state index contributed by atoms with van der Waals surface area (Å²) in [7, 11) is 0. The van der Waals surface area contributed by atoms with Crippen LogP contribution in [0.15, 0.2) is 0 Å². The van der Waals surface area contributed by atoms with Crippen molar-refractivity contribution < 1.29 is 14.3 Å². The van der Waals surface area contributed by atoms with Crippen LogP contribution in [0.2, 0.25) is 0 Å². The fourth-order valence-corrected chi connectivity index (χ4v) is 2.58. The monoisotopic (exact) mass is 283 g/mol. The van der Waals surface area contributed by atoms with E-state index in [1.807, 2.05) is 11.8 Å². The maximum Gasteiger partial charge on any atom is 0.248 e. The van der Waals surface area contributed by atoms with Gasteiger partial charge in [0.15, 0.2) is 0 Å². The third-order valence-electron chi connectivity index (χ3n) is 4.15. The fraction of sp³-hybridized carbons (Fsp3) is 0.857. The molecule has 0 aromatic rings. The zero-order valence-electron chi connectivity index (χ0n) is 12.4. The van der Waals surface area contributed by atoms with Crippen LogP contribution in [-0.2, 0) is 14.3 Å². The number of hydrogen-bond acceptors (Lipinski definition) is 4. The second-order valence-corrected chi connectivity index (χ2v) is 6.10. The maximum atomic E-state index is 12.1. The second-order valence-electron chi connectivity index (χ2n) is 6.10. The van der Waals surface area contributed by atoms with Gasteiger partial charge in [0.1, 0.15) is 6.61 Å². The van der Waals surface area contributed by atoms with E-state index in [1.54, 1.807) is 0 Å². The van der Waals surface area contributed by atoms with E-state index >= 15 is 0 Å². The molecule has 2 N–H and O–H groups in total. The van der Waals surface area contributed by atoms with Crippen molar-refractivity contribution in [1.29, 1.82) is 0 Å². The van der Waals surface area contributed by atoms with Crippen LogP contribution in [0.1, 0.15) is 26.7 Å². The standard InChI is InChI=1S/C14H25N3O3/c1-11(18)16-7-12-3-5-17(6-4-12)13(19)8-20-14(2)9-15-10-14/h12,15H,3-10H2,1-2H3,(H,16,18). The van der Waals surface area contributed by atoms with Crippen molar-refractivity contribution in [3.63, 3.8) is 0 Å². The Hall–Kier alpha value is -1.14. The molecule has 114 valence electrons. The molecule has 0 aliphatic carbocycles. The molecular weight excluding hydrogens is 258 g/mol. The summed E-state index contributed by atoms with van der Waals surface area (Å²) >= 11 is 0. The van der Waals surface area contributed by atoms with Gasteiger partial charge in [-0.05, 0) is 25.7 Å². The fourth-order valence-electron chi connectivity index (χ4n) is 2.58. The number of nitrogens with zero attached hydrogens (tertiary/aromatic N) is 1. The first kappa shape index (κ1) is 15.3. The summed E-state index contributed by atoms with van der Waals surface area (Å²) in [5.41, 5.74) is -0.167. The lowest BCUT2D eigenvalue weighted by atomic mass is 9.96. The largest absolute Gasteiger partial charge is 0.363 e. The molecule has 2 amide bonds. The zero-order valence-corrected chi connectivity index (χ0v) is 12.4. The Morgan fingerprint density at radius 3 is 2.50 bits per heavy atom. The molecular formula is C14H25N3O3. The van der Waals surface area contributed by atoms with Gasteiger partial charge in [0.2, 0.25) is 11.8 Å². The third-order valence-corrected chi connectivity index (χ3v) is 4.15. The van der Waals surface area contributed by atoms with Crippen LogP contribution < -0.4 is 10.6 Å². The Bertz CT molecular complexity index is 361. The molecule has 2 fully saturated rings. The molecule has 2 heterocycles. The van der Waals surface area contributed by atoms with Gasteiger partial charge in [-0.1, -0.05) is 0 Å². The predicted molar refractivity (Wildman–Crippen MR) is 75.2 cm³/mol. The Kier molecular flexibility index (Phi) is 4.99. The lowest BCUT2D eigenvalue weighted by Crippen LogP contribution is -2.59. The minimum Gasteiger partial charge on any atom is -0.363 e. The van der Waals surface area contributed by atoms with Crippen LogP contribution in [0.3, 0.4) is 0 Å². The molecule has 0 unspecified atom stereocenters. The lowest BCUT2D eigenvalue weighted by Gasteiger charge is -2.39. The Morgan fingerprint density at radius 2 is 2.00 bits per heavy atom. The van der Waals surface area contributed by atoms with Gasteiger partial charge in [-0.3, -0.25) is 9.59 Å². The molecule has 20 heavy (non-hydrogen) atoms. The van der Waals surface area contributed by atoms with E-state index in [4.69, 9.17) is 4.74 Å². The Balaban J connectivity index is 1.65. The van der Waals surface area contributed by atoms with Crippen LogP contribution in [0, 0.1) is 5.92 Å². The van der Waals surface area contributed by atoms with Gasteiger partial charge in [0.25, 0.3) is 0 Å². The maximum absolute atomic E-state index is 12.1. The van der Waals surface area contributed by atoms with E-state index in [1.165, 1.54) is 6.92 Å². The highest BCUT2D eigenvalue weighted by Gasteiger charge is 2.34. The SMILES string of the molecule is CC(=O)NCC1CCN(C(=O)COC2(C)CNC2)CC1. The van der Waals surface area contributed by atoms with Crippen LogP contribution in [0.5, 0.6) is 0 Å². The second kappa shape index (κ2) is 6.54. The molecule has 2 aliphatic heterocycles. The van der Waals surface area contributed by atoms with E-state index in [9.17, 15) is 9.59 Å². The number of carbonyl (C=O) groups excluding carboxylic acids is 2. The van der Waals surface area contributed by atoms with Crippen molar-refractivity contribution in [2.75, 3.05) is 39.3 Å². The number of amides is 2. The molecule has 6 heteroatoms. The molecule has 2 saturated heterocycles. The lowest BCUT2D eigenvalue weighted by molar-refractivity contribution is -0.147. The minimum absolute atomic E-state index is 0.0132. The summed E-state index contributed by atoms with van der Waals surface area (Å²) in [5.74, 6) is 0.576. The molecule has 2 aliphatic rings. The molecule has 0 bridgehead atoms. The first-order valence-electron chi connectivity index (χ1n) is 7.35. The number of nitrogens with one attached hydrogen (secondary N) is 2. The molecule has 0 atom stereocenters. The summed E-state index contributed by atoms with van der Waals surface area (Å²) in [6.07, 6.45) is 1.90. The van der Waals surface area contributed by atoms with Crippen LogP contribution in [0.4, 0.5) is 0 Å². The summed E-state index contributed by atoms with van der Waals surface area (Å²) in [6.45, 7) is 7.62. The summed E-state index contributed by atoms with van der Waals surface area (Å²) in [6, 6.07) is 0. The van der Waals surface area contributed by atoms with Crippen molar-refractivity contribution in [2.45, 2.75) is 32.3 Å². The molecule has 6 nitrogen and oxygen atoms in total. The van der Waals surface area contributed by atoms with Gasteiger partial charge in [-0.15, -0.1) is 0 Å². The smallest absolute Gasteiger partial charge is 0.248 e. The van der Waals surface area contributed by atoms with Crippen molar-refractivity contribution in [2.24, 2.45) is 5.92 Å². The predicted octanol–water partition coefficient (Wildman–Crippen LogP) is -0.260. The highest BCUT2D eigenvalue weighted by atomic mass is 16.5. The quantitative estimate of drug-likeness (QED) is 0.729. The van der Waals surface area contributed by atoms with Crippen molar-refractivity contribution in [3.05, 3.63) is 0 Å². The average molecular weight is 283 g/mol. The summed E-state index contributed by atoms with van der Waals surface area (Å²) < 4.78 is 5.68. The van der Waals surface area contributed by atoms with Gasteiger partial charge in [-0.2, -0.15) is 0 Å². The number of piperidine rings is 1. The number of ether oxygens (including phenoxy) is 1. The van der Waals surface area contributed by atoms with Crippen LogP contribution in [-0.4, -0.2) is 61.6 Å². The van der Waals surface area contributed by atoms with Crippen molar-refractivity contribution in [3.8, 4) is 0 Å². The molecule has 0 saturated carbocycles. The van der Waals surface area contributed by atoms with E-state index in [-0.39, 0.29) is 24.0 Å². The first-order valence-corrected chi connectivity index (χ1v) is 7.35. The minimum atomic E-state index is -0.167. The highest BCUT2D eigenvalue weighted by molar-refractivity contribution is 5.77. The summed E-state index contributed by atoms with van der Waals surface area (Å²) in [5, 5.41) is 6.00. The summed E-state index contributed by atoms with van der Waals surface area (Å²) in [4.78, 5) is 24.8. The number of carbonyl (C=O) groups is 2. The van der Waals surface area contributed by atoms with Crippen molar-refractivity contribution >= 4 is 11.8 Å². The van der Waals surface area contributed by atoms with Gasteiger partial charge >= 0.3 is 0 Å². The normalized spacial score (nSPS) is 22.2. The van der Waals surface area contributed by atoms with E-state index < -0.39 is 0 Å². The van der Waals surface area contributed by atoms with Gasteiger partial charge in [0.05, 0.1) is 5.60 Å². The Morgan fingerprint density at radius 1 is 1.35 bits per heavy atom. The first-order chi connectivity index (χ1) is 9.48. The molecule has 0 aromatic carbocycles. The molecule has 0 spiro atoms. The van der Waals surface area contributed by atoms with E-state index in [0.29, 0.717) is 5.92 Å². The number of likely N-dealkylation sites (tertiary alicyclic amines) is 1.